The molecule has 0 spiro atoms. The van der Waals surface area contributed by atoms with E-state index in [1.165, 1.54) is 4.90 Å². The van der Waals surface area contributed by atoms with Crippen LogP contribution in [0, 0.1) is 0 Å². The molecule has 1 aliphatic rings. The van der Waals surface area contributed by atoms with Crippen molar-refractivity contribution in [3.63, 3.8) is 0 Å². The fraction of sp³-hybridized carbons (Fsp3) is 0.333. The number of nitrogens with one attached hydrogen (secondary N) is 1. The Balaban J connectivity index is 1.90. The van der Waals surface area contributed by atoms with E-state index in [1.54, 1.807) is 13.1 Å². The van der Waals surface area contributed by atoms with E-state index < -0.39 is 30.5 Å². The summed E-state index contributed by atoms with van der Waals surface area (Å²) in [4.78, 5) is 27.2. The van der Waals surface area contributed by atoms with Gasteiger partial charge in [0.25, 0.3) is 0 Å². The highest BCUT2D eigenvalue weighted by atomic mass is 19.4. The summed E-state index contributed by atoms with van der Waals surface area (Å²) in [6.45, 7) is -0.505. The molecule has 0 fully saturated rings. The van der Waals surface area contributed by atoms with Crippen molar-refractivity contribution >= 4 is 17.5 Å². The molecule has 0 aliphatic carbocycles. The number of halogens is 3. The largest absolute Gasteiger partial charge is 0.390 e. The number of nitrogens with zero attached hydrogens (tertiary/aromatic N) is 1. The minimum atomic E-state index is -4.34. The van der Waals surface area contributed by atoms with Gasteiger partial charge in [0.15, 0.2) is 0 Å². The second-order valence-corrected chi connectivity index (χ2v) is 7.02. The summed E-state index contributed by atoms with van der Waals surface area (Å²) >= 11 is 0. The molecule has 1 aliphatic heterocycles. The van der Waals surface area contributed by atoms with Crippen molar-refractivity contribution in [1.82, 2.24) is 5.32 Å². The second kappa shape index (κ2) is 7.66. The molecule has 1 N–H and O–H groups in total. The van der Waals surface area contributed by atoms with Crippen molar-refractivity contribution in [2.45, 2.75) is 30.9 Å². The van der Waals surface area contributed by atoms with E-state index in [0.29, 0.717) is 12.1 Å². The molecule has 3 rings (SSSR count). The quantitative estimate of drug-likeness (QED) is 0.819. The van der Waals surface area contributed by atoms with Crippen LogP contribution in [0.25, 0.3) is 0 Å². The summed E-state index contributed by atoms with van der Waals surface area (Å²) in [7, 11) is 1.65. The molecule has 2 aromatic rings. The number of hydrogen-bond donors (Lipinski definition) is 1. The molecular formula is C21H21F3N2O2. The average Bonchev–Trinajstić information content (AvgIpc) is 2.84. The van der Waals surface area contributed by atoms with Gasteiger partial charge in [-0.15, -0.1) is 0 Å². The first-order chi connectivity index (χ1) is 13.2. The highest BCUT2D eigenvalue weighted by molar-refractivity contribution is 6.09. The van der Waals surface area contributed by atoms with E-state index in [0.717, 1.165) is 11.1 Å². The SMILES string of the molecule is CN1C(=O)[C@](CC(=O)NCCC(F)(F)F)(Cc2ccccc2)c2ccccc21. The van der Waals surface area contributed by atoms with Gasteiger partial charge in [-0.25, -0.2) is 0 Å². The number of hydrogen-bond acceptors (Lipinski definition) is 2. The maximum absolute atomic E-state index is 13.2. The standard InChI is InChI=1S/C21H21F3N2O2/c1-26-17-10-6-5-9-16(17)20(19(26)28,13-15-7-3-2-4-8-15)14-18(27)25-12-11-21(22,23)24/h2-10H,11-14H2,1H3,(H,25,27)/t20-/m0/s1. The van der Waals surface area contributed by atoms with Gasteiger partial charge in [-0.3, -0.25) is 9.59 Å². The smallest absolute Gasteiger partial charge is 0.356 e. The van der Waals surface area contributed by atoms with Gasteiger partial charge < -0.3 is 10.2 Å². The topological polar surface area (TPSA) is 49.4 Å². The number of anilines is 1. The second-order valence-electron chi connectivity index (χ2n) is 7.02. The zero-order valence-corrected chi connectivity index (χ0v) is 15.4. The summed E-state index contributed by atoms with van der Waals surface area (Å²) in [6.07, 6.45) is -5.36. The minimum Gasteiger partial charge on any atom is -0.356 e. The van der Waals surface area contributed by atoms with Crippen molar-refractivity contribution in [1.29, 1.82) is 0 Å². The Bertz CT molecular complexity index is 867. The number of carbonyl (C=O) groups is 2. The molecule has 1 heterocycles. The molecule has 7 heteroatoms. The van der Waals surface area contributed by atoms with Gasteiger partial charge in [0.1, 0.15) is 0 Å². The fourth-order valence-electron chi connectivity index (χ4n) is 3.75. The molecule has 0 aromatic heterocycles. The third-order valence-corrected chi connectivity index (χ3v) is 5.04. The molecule has 0 bridgehead atoms. The summed E-state index contributed by atoms with van der Waals surface area (Å²) < 4.78 is 37.1. The summed E-state index contributed by atoms with van der Waals surface area (Å²) in [5.41, 5.74) is 1.17. The van der Waals surface area contributed by atoms with Crippen LogP contribution in [0.4, 0.5) is 18.9 Å². The van der Waals surface area contributed by atoms with Crippen LogP contribution in [0.5, 0.6) is 0 Å². The highest BCUT2D eigenvalue weighted by Gasteiger charge is 2.50. The number of fused-ring (bicyclic) bond motifs is 1. The van der Waals surface area contributed by atoms with Crippen LogP contribution < -0.4 is 10.2 Å². The van der Waals surface area contributed by atoms with Gasteiger partial charge in [-0.1, -0.05) is 48.5 Å². The lowest BCUT2D eigenvalue weighted by molar-refractivity contribution is -0.137. The van der Waals surface area contributed by atoms with Crippen molar-refractivity contribution in [2.75, 3.05) is 18.5 Å². The van der Waals surface area contributed by atoms with E-state index in [1.807, 2.05) is 48.5 Å². The Kier molecular flexibility index (Phi) is 5.45. The third kappa shape index (κ3) is 4.03. The molecular weight excluding hydrogens is 369 g/mol. The van der Waals surface area contributed by atoms with E-state index in [4.69, 9.17) is 0 Å². The van der Waals surface area contributed by atoms with Gasteiger partial charge >= 0.3 is 6.18 Å². The summed E-state index contributed by atoms with van der Waals surface area (Å²) in [5.74, 6) is -0.804. The molecule has 1 atom stereocenters. The number of benzene rings is 2. The number of rotatable bonds is 6. The summed E-state index contributed by atoms with van der Waals surface area (Å²) in [5, 5.41) is 2.31. The fourth-order valence-corrected chi connectivity index (χ4v) is 3.75. The normalized spacial score (nSPS) is 18.9. The predicted octanol–water partition coefficient (Wildman–Crippen LogP) is 3.60. The Morgan fingerprint density at radius 2 is 1.71 bits per heavy atom. The molecule has 2 aromatic carbocycles. The third-order valence-electron chi connectivity index (χ3n) is 5.04. The molecule has 0 unspecified atom stereocenters. The van der Waals surface area contributed by atoms with Crippen molar-refractivity contribution in [2.24, 2.45) is 0 Å². The van der Waals surface area contributed by atoms with Crippen LogP contribution in [-0.2, 0) is 21.4 Å². The van der Waals surface area contributed by atoms with Crippen molar-refractivity contribution in [3.05, 3.63) is 65.7 Å². The highest BCUT2D eigenvalue weighted by Crippen LogP contribution is 2.45. The average molecular weight is 390 g/mol. The van der Waals surface area contributed by atoms with Crippen LogP contribution in [0.2, 0.25) is 0 Å². The van der Waals surface area contributed by atoms with Crippen LogP contribution in [0.1, 0.15) is 24.0 Å². The van der Waals surface area contributed by atoms with Crippen LogP contribution >= 0.6 is 0 Å². The van der Waals surface area contributed by atoms with Gasteiger partial charge in [0.2, 0.25) is 11.8 Å². The Labute approximate surface area is 161 Å². The molecule has 28 heavy (non-hydrogen) atoms. The molecule has 0 radical (unpaired) electrons. The van der Waals surface area contributed by atoms with Crippen molar-refractivity contribution < 1.29 is 22.8 Å². The number of carbonyl (C=O) groups excluding carboxylic acids is 2. The monoisotopic (exact) mass is 390 g/mol. The molecule has 0 saturated heterocycles. The lowest BCUT2D eigenvalue weighted by Gasteiger charge is -2.28. The Morgan fingerprint density at radius 3 is 2.39 bits per heavy atom. The number of alkyl halides is 3. The maximum Gasteiger partial charge on any atom is 0.390 e. The van der Waals surface area contributed by atoms with E-state index in [-0.39, 0.29) is 12.3 Å². The number of likely N-dealkylation sites (N-methyl/N-ethyl adjacent to an activating group) is 1. The van der Waals surface area contributed by atoms with Crippen LogP contribution in [0.15, 0.2) is 54.6 Å². The van der Waals surface area contributed by atoms with Gasteiger partial charge in [-0.05, 0) is 23.6 Å². The molecule has 0 saturated carbocycles. The van der Waals surface area contributed by atoms with Gasteiger partial charge in [-0.2, -0.15) is 13.2 Å². The zero-order valence-electron chi connectivity index (χ0n) is 15.4. The van der Waals surface area contributed by atoms with Gasteiger partial charge in [0, 0.05) is 25.7 Å². The lowest BCUT2D eigenvalue weighted by Crippen LogP contribution is -2.44. The molecule has 4 nitrogen and oxygen atoms in total. The zero-order chi connectivity index (χ0) is 20.4. The first-order valence-corrected chi connectivity index (χ1v) is 8.98. The number of para-hydroxylation sites is 1. The van der Waals surface area contributed by atoms with Crippen LogP contribution in [0.3, 0.4) is 0 Å². The van der Waals surface area contributed by atoms with Crippen LogP contribution in [-0.4, -0.2) is 31.6 Å². The first-order valence-electron chi connectivity index (χ1n) is 8.98. The predicted molar refractivity (Wildman–Crippen MR) is 100.0 cm³/mol. The Morgan fingerprint density at radius 1 is 1.07 bits per heavy atom. The molecule has 148 valence electrons. The number of amides is 2. The van der Waals surface area contributed by atoms with E-state index in [2.05, 4.69) is 5.32 Å². The van der Waals surface area contributed by atoms with Crippen molar-refractivity contribution in [3.8, 4) is 0 Å². The molecule has 2 amide bonds. The minimum absolute atomic E-state index is 0.208. The lowest BCUT2D eigenvalue weighted by atomic mass is 9.73. The van der Waals surface area contributed by atoms with E-state index in [9.17, 15) is 22.8 Å². The summed E-state index contributed by atoms with van der Waals surface area (Å²) in [6, 6.07) is 16.5. The van der Waals surface area contributed by atoms with E-state index >= 15 is 0 Å². The maximum atomic E-state index is 13.2. The Hall–Kier alpha value is -2.83. The van der Waals surface area contributed by atoms with Gasteiger partial charge in [0.05, 0.1) is 11.8 Å². The first kappa shape index (κ1) is 19.9.